The lowest BCUT2D eigenvalue weighted by Crippen LogP contribution is -2.12. The van der Waals surface area contributed by atoms with Crippen molar-refractivity contribution >= 4 is 33.9 Å². The Kier molecular flexibility index (Phi) is 6.67. The van der Waals surface area contributed by atoms with Gasteiger partial charge in [-0.3, -0.25) is 4.79 Å². The fourth-order valence-electron chi connectivity index (χ4n) is 4.03. The summed E-state index contributed by atoms with van der Waals surface area (Å²) in [6.45, 7) is 3.64. The predicted octanol–water partition coefficient (Wildman–Crippen LogP) is 5.69. The number of aromatic nitrogens is 4. The zero-order valence-electron chi connectivity index (χ0n) is 21.2. The standard InChI is InChI=1S/C28H22N8O3/c1-16-12-17(2)32-28(31-16)36-26(19(14-29)15-30-36)35-34-24-22-7-5-4-6-18(22)13-23(25(24)37)27(38)33-20-8-10-21(39-3)11-9-20/h4-13,15,37H,1-3H3,(H,33,38)/b35-34+. The lowest BCUT2D eigenvalue weighted by Gasteiger charge is -2.11. The van der Waals surface area contributed by atoms with Crippen LogP contribution in [0.5, 0.6) is 11.5 Å². The zero-order chi connectivity index (χ0) is 27.5. The van der Waals surface area contributed by atoms with Gasteiger partial charge in [0.05, 0.1) is 18.9 Å². The highest BCUT2D eigenvalue weighted by Gasteiger charge is 2.20. The average molecular weight is 519 g/mol. The molecule has 0 spiro atoms. The molecule has 5 aromatic rings. The van der Waals surface area contributed by atoms with Gasteiger partial charge in [-0.25, -0.2) is 9.97 Å². The molecule has 0 aliphatic carbocycles. The Hall–Kier alpha value is -5.63. The number of anilines is 1. The first-order valence-electron chi connectivity index (χ1n) is 11.8. The zero-order valence-corrected chi connectivity index (χ0v) is 21.2. The molecule has 39 heavy (non-hydrogen) atoms. The van der Waals surface area contributed by atoms with Gasteiger partial charge in [0, 0.05) is 22.5 Å². The van der Waals surface area contributed by atoms with E-state index >= 15 is 0 Å². The monoisotopic (exact) mass is 518 g/mol. The van der Waals surface area contributed by atoms with Crippen molar-refractivity contribution in [1.82, 2.24) is 19.7 Å². The third kappa shape index (κ3) is 4.99. The van der Waals surface area contributed by atoms with E-state index in [1.807, 2.05) is 32.0 Å². The molecule has 2 N–H and O–H groups in total. The number of nitriles is 1. The van der Waals surface area contributed by atoms with Crippen molar-refractivity contribution in [2.45, 2.75) is 13.8 Å². The van der Waals surface area contributed by atoms with Crippen LogP contribution in [0, 0.1) is 25.2 Å². The number of nitrogens with one attached hydrogen (secondary N) is 1. The van der Waals surface area contributed by atoms with Gasteiger partial charge in [0.15, 0.2) is 11.6 Å². The predicted molar refractivity (Wildman–Crippen MR) is 144 cm³/mol. The molecule has 0 bridgehead atoms. The Morgan fingerprint density at radius 1 is 1.05 bits per heavy atom. The fraction of sp³-hybridized carbons (Fsp3) is 0.107. The van der Waals surface area contributed by atoms with Crippen molar-refractivity contribution in [3.63, 3.8) is 0 Å². The van der Waals surface area contributed by atoms with E-state index in [-0.39, 0.29) is 34.3 Å². The number of fused-ring (bicyclic) bond motifs is 1. The van der Waals surface area contributed by atoms with E-state index in [1.54, 1.807) is 55.6 Å². The number of phenols is 1. The molecule has 5 rings (SSSR count). The molecule has 0 saturated carbocycles. The van der Waals surface area contributed by atoms with E-state index in [0.717, 1.165) is 0 Å². The van der Waals surface area contributed by atoms with Crippen LogP contribution in [0.25, 0.3) is 16.7 Å². The summed E-state index contributed by atoms with van der Waals surface area (Å²) >= 11 is 0. The molecular formula is C28H22N8O3. The second-order valence-electron chi connectivity index (χ2n) is 8.58. The molecular weight excluding hydrogens is 496 g/mol. The average Bonchev–Trinajstić information content (AvgIpc) is 3.35. The van der Waals surface area contributed by atoms with Crippen LogP contribution in [-0.4, -0.2) is 37.9 Å². The second kappa shape index (κ2) is 10.4. The number of carbonyl (C=O) groups is 1. The number of hydrogen-bond donors (Lipinski definition) is 2. The molecule has 11 heteroatoms. The number of aryl methyl sites for hydroxylation is 2. The van der Waals surface area contributed by atoms with Crippen molar-refractivity contribution in [3.8, 4) is 23.5 Å². The number of phenolic OH excluding ortho intramolecular Hbond substituents is 1. The van der Waals surface area contributed by atoms with Crippen LogP contribution in [-0.2, 0) is 0 Å². The van der Waals surface area contributed by atoms with E-state index < -0.39 is 5.91 Å². The van der Waals surface area contributed by atoms with Crippen molar-refractivity contribution in [1.29, 1.82) is 5.26 Å². The van der Waals surface area contributed by atoms with Gasteiger partial charge < -0.3 is 15.2 Å². The summed E-state index contributed by atoms with van der Waals surface area (Å²) in [4.78, 5) is 22.0. The summed E-state index contributed by atoms with van der Waals surface area (Å²) in [5.74, 6) is 0.0529. The number of aromatic hydroxyl groups is 1. The van der Waals surface area contributed by atoms with Crippen molar-refractivity contribution < 1.29 is 14.6 Å². The lowest BCUT2D eigenvalue weighted by atomic mass is 10.0. The normalized spacial score (nSPS) is 11.0. The molecule has 2 heterocycles. The Balaban J connectivity index is 1.59. The second-order valence-corrected chi connectivity index (χ2v) is 8.58. The Morgan fingerprint density at radius 3 is 2.46 bits per heavy atom. The molecule has 1 amide bonds. The molecule has 0 unspecified atom stereocenters. The van der Waals surface area contributed by atoms with Gasteiger partial charge in [0.1, 0.15) is 23.1 Å². The highest BCUT2D eigenvalue weighted by molar-refractivity contribution is 6.11. The maximum absolute atomic E-state index is 13.2. The van der Waals surface area contributed by atoms with E-state index in [1.165, 1.54) is 10.9 Å². The number of carbonyl (C=O) groups excluding carboxylic acids is 1. The molecule has 0 aliphatic rings. The van der Waals surface area contributed by atoms with Crippen LogP contribution >= 0.6 is 0 Å². The molecule has 0 radical (unpaired) electrons. The summed E-state index contributed by atoms with van der Waals surface area (Å²) < 4.78 is 6.46. The van der Waals surface area contributed by atoms with Gasteiger partial charge in [0.2, 0.25) is 0 Å². The Labute approximate surface area is 223 Å². The highest BCUT2D eigenvalue weighted by atomic mass is 16.5. The number of methoxy groups -OCH3 is 1. The quantitative estimate of drug-likeness (QED) is 0.274. The largest absolute Gasteiger partial charge is 0.505 e. The smallest absolute Gasteiger partial charge is 0.259 e. The van der Waals surface area contributed by atoms with Crippen molar-refractivity contribution in [2.24, 2.45) is 10.2 Å². The number of hydrogen-bond acceptors (Lipinski definition) is 9. The topological polar surface area (TPSA) is 151 Å². The first-order valence-corrected chi connectivity index (χ1v) is 11.8. The molecule has 0 saturated heterocycles. The number of benzene rings is 3. The number of nitrogens with zero attached hydrogens (tertiary/aromatic N) is 7. The minimum absolute atomic E-state index is 0.00475. The summed E-state index contributed by atoms with van der Waals surface area (Å²) in [5, 5.41) is 37.6. The minimum atomic E-state index is -0.536. The summed E-state index contributed by atoms with van der Waals surface area (Å²) in [6.07, 6.45) is 1.34. The van der Waals surface area contributed by atoms with Crippen LogP contribution in [0.2, 0.25) is 0 Å². The molecule has 0 aliphatic heterocycles. The van der Waals surface area contributed by atoms with Crippen LogP contribution in [0.3, 0.4) is 0 Å². The Bertz CT molecular complexity index is 1770. The van der Waals surface area contributed by atoms with E-state index in [0.29, 0.717) is 33.6 Å². The van der Waals surface area contributed by atoms with Gasteiger partial charge in [-0.2, -0.15) is 15.0 Å². The van der Waals surface area contributed by atoms with E-state index in [2.05, 4.69) is 30.6 Å². The number of azo groups is 1. The van der Waals surface area contributed by atoms with E-state index in [9.17, 15) is 15.2 Å². The SMILES string of the molecule is COc1ccc(NC(=O)c2cc3ccccc3c(/N=N/c3c(C#N)cnn3-c3nc(C)cc(C)n3)c2O)cc1. The Morgan fingerprint density at radius 2 is 1.77 bits per heavy atom. The lowest BCUT2D eigenvalue weighted by molar-refractivity contribution is 0.102. The third-order valence-corrected chi connectivity index (χ3v) is 5.86. The summed E-state index contributed by atoms with van der Waals surface area (Å²) in [6, 6.07) is 19.4. The molecule has 0 fully saturated rings. The third-order valence-electron chi connectivity index (χ3n) is 5.86. The fourth-order valence-corrected chi connectivity index (χ4v) is 4.03. The van der Waals surface area contributed by atoms with Gasteiger partial charge in [0.25, 0.3) is 11.9 Å². The van der Waals surface area contributed by atoms with Crippen molar-refractivity contribution in [3.05, 3.63) is 89.4 Å². The van der Waals surface area contributed by atoms with E-state index in [4.69, 9.17) is 4.74 Å². The summed E-state index contributed by atoms with van der Waals surface area (Å²) in [5.41, 5.74) is 2.16. The molecule has 3 aromatic carbocycles. The maximum atomic E-state index is 13.2. The van der Waals surface area contributed by atoms with Gasteiger partial charge in [-0.05, 0) is 55.6 Å². The van der Waals surface area contributed by atoms with Crippen molar-refractivity contribution in [2.75, 3.05) is 12.4 Å². The maximum Gasteiger partial charge on any atom is 0.259 e. The molecule has 11 nitrogen and oxygen atoms in total. The van der Waals surface area contributed by atoms with Gasteiger partial charge in [-0.1, -0.05) is 24.3 Å². The van der Waals surface area contributed by atoms with Gasteiger partial charge in [-0.15, -0.1) is 10.2 Å². The number of amides is 1. The minimum Gasteiger partial charge on any atom is -0.505 e. The highest BCUT2D eigenvalue weighted by Crippen LogP contribution is 2.40. The first kappa shape index (κ1) is 25.0. The van der Waals surface area contributed by atoms with Crippen LogP contribution in [0.15, 0.2) is 77.1 Å². The molecule has 2 aromatic heterocycles. The molecule has 192 valence electrons. The molecule has 0 atom stereocenters. The summed E-state index contributed by atoms with van der Waals surface area (Å²) in [7, 11) is 1.55. The number of rotatable bonds is 6. The number of ether oxygens (including phenoxy) is 1. The van der Waals surface area contributed by atoms with Gasteiger partial charge >= 0.3 is 0 Å². The van der Waals surface area contributed by atoms with Crippen LogP contribution < -0.4 is 10.1 Å². The van der Waals surface area contributed by atoms with Crippen LogP contribution in [0.4, 0.5) is 17.2 Å². The first-order chi connectivity index (χ1) is 18.9. The van der Waals surface area contributed by atoms with Crippen LogP contribution in [0.1, 0.15) is 27.3 Å².